The number of nitriles is 2. The molecule has 262 valence electrons. The lowest BCUT2D eigenvalue weighted by atomic mass is 9.98. The van der Waals surface area contributed by atoms with Gasteiger partial charge in [-0.1, -0.05) is 68.5 Å². The van der Waals surface area contributed by atoms with Gasteiger partial charge in [0.05, 0.1) is 23.3 Å². The van der Waals surface area contributed by atoms with Gasteiger partial charge >= 0.3 is 11.9 Å². The SMILES string of the molecule is N#Cc1ccc(-c2ccc(OC(=O)CCCCCCCCCC(=O)Oc3ccc(-c4ccc(-c5ccc(C#N)cc5)c(F)c4)c(F)c3)cc2F)cc1. The van der Waals surface area contributed by atoms with Crippen LogP contribution in [-0.4, -0.2) is 11.9 Å². The van der Waals surface area contributed by atoms with Crippen LogP contribution in [0.1, 0.15) is 68.9 Å². The Morgan fingerprint density at radius 2 is 0.808 bits per heavy atom. The molecule has 0 N–H and O–H groups in total. The predicted octanol–water partition coefficient (Wildman–Crippen LogP) is 10.9. The second kappa shape index (κ2) is 18.2. The van der Waals surface area contributed by atoms with E-state index >= 15 is 0 Å². The molecule has 0 saturated heterocycles. The number of unbranched alkanes of at least 4 members (excludes halogenated alkanes) is 6. The van der Waals surface area contributed by atoms with Gasteiger partial charge in [0, 0.05) is 41.7 Å². The Balaban J connectivity index is 0.952. The van der Waals surface area contributed by atoms with Crippen molar-refractivity contribution in [3.8, 4) is 57.0 Å². The maximum absolute atomic E-state index is 15.0. The molecule has 0 heterocycles. The molecule has 0 aliphatic rings. The number of carbonyl (C=O) groups is 2. The van der Waals surface area contributed by atoms with Crippen molar-refractivity contribution >= 4 is 11.9 Å². The highest BCUT2D eigenvalue weighted by Gasteiger charge is 2.14. The van der Waals surface area contributed by atoms with E-state index < -0.39 is 29.4 Å². The maximum atomic E-state index is 15.0. The minimum absolute atomic E-state index is 0.0738. The zero-order chi connectivity index (χ0) is 36.9. The van der Waals surface area contributed by atoms with Crippen LogP contribution in [0.3, 0.4) is 0 Å². The van der Waals surface area contributed by atoms with Crippen LogP contribution in [0.25, 0.3) is 33.4 Å². The summed E-state index contributed by atoms with van der Waals surface area (Å²) in [6, 6.07) is 29.8. The van der Waals surface area contributed by atoms with E-state index in [1.54, 1.807) is 72.8 Å². The Hall–Kier alpha value is -6.19. The van der Waals surface area contributed by atoms with Crippen molar-refractivity contribution in [2.24, 2.45) is 0 Å². The van der Waals surface area contributed by atoms with Crippen molar-refractivity contribution in [2.45, 2.75) is 57.8 Å². The first-order valence-electron chi connectivity index (χ1n) is 17.1. The number of hydrogen-bond donors (Lipinski definition) is 0. The van der Waals surface area contributed by atoms with Crippen LogP contribution >= 0.6 is 0 Å². The Morgan fingerprint density at radius 1 is 0.462 bits per heavy atom. The highest BCUT2D eigenvalue weighted by atomic mass is 19.1. The molecule has 9 heteroatoms. The van der Waals surface area contributed by atoms with Crippen LogP contribution < -0.4 is 9.47 Å². The molecule has 0 unspecified atom stereocenters. The van der Waals surface area contributed by atoms with E-state index in [1.165, 1.54) is 24.3 Å². The van der Waals surface area contributed by atoms with Crippen molar-refractivity contribution in [1.29, 1.82) is 10.5 Å². The van der Waals surface area contributed by atoms with Crippen LogP contribution in [0, 0.1) is 40.1 Å². The van der Waals surface area contributed by atoms with Gasteiger partial charge in [0.1, 0.15) is 29.0 Å². The first-order valence-corrected chi connectivity index (χ1v) is 17.1. The predicted molar refractivity (Wildman–Crippen MR) is 191 cm³/mol. The molecule has 5 rings (SSSR count). The average molecular weight is 701 g/mol. The molecule has 6 nitrogen and oxygen atoms in total. The first kappa shape index (κ1) is 37.1. The normalized spacial score (nSPS) is 10.6. The fourth-order valence-corrected chi connectivity index (χ4v) is 5.74. The van der Waals surface area contributed by atoms with Gasteiger partial charge in [-0.25, -0.2) is 13.2 Å². The van der Waals surface area contributed by atoms with E-state index in [2.05, 4.69) is 0 Å². The molecule has 0 amide bonds. The molecule has 0 atom stereocenters. The van der Waals surface area contributed by atoms with Gasteiger partial charge in [0.2, 0.25) is 0 Å². The average Bonchev–Trinajstić information content (AvgIpc) is 3.14. The molecule has 5 aromatic rings. The minimum Gasteiger partial charge on any atom is -0.426 e. The van der Waals surface area contributed by atoms with E-state index in [4.69, 9.17) is 20.0 Å². The molecule has 0 bridgehead atoms. The van der Waals surface area contributed by atoms with Gasteiger partial charge in [0.25, 0.3) is 0 Å². The smallest absolute Gasteiger partial charge is 0.311 e. The number of hydrogen-bond acceptors (Lipinski definition) is 6. The summed E-state index contributed by atoms with van der Waals surface area (Å²) in [5.41, 5.74) is 3.36. The largest absolute Gasteiger partial charge is 0.426 e. The van der Waals surface area contributed by atoms with Crippen molar-refractivity contribution in [3.63, 3.8) is 0 Å². The fraction of sp³-hybridized carbons (Fsp3) is 0.209. The fourth-order valence-electron chi connectivity index (χ4n) is 5.74. The van der Waals surface area contributed by atoms with Gasteiger partial charge in [-0.2, -0.15) is 10.5 Å². The third kappa shape index (κ3) is 10.2. The van der Waals surface area contributed by atoms with Crippen LogP contribution in [-0.2, 0) is 9.59 Å². The molecule has 0 aromatic heterocycles. The van der Waals surface area contributed by atoms with Crippen molar-refractivity contribution in [1.82, 2.24) is 0 Å². The van der Waals surface area contributed by atoms with Crippen molar-refractivity contribution in [3.05, 3.63) is 132 Å². The number of halogens is 3. The van der Waals surface area contributed by atoms with Gasteiger partial charge < -0.3 is 9.47 Å². The van der Waals surface area contributed by atoms with E-state index in [0.717, 1.165) is 38.2 Å². The Bertz CT molecular complexity index is 2120. The molecule has 0 fully saturated rings. The monoisotopic (exact) mass is 700 g/mol. The van der Waals surface area contributed by atoms with Gasteiger partial charge in [-0.05, 0) is 84.1 Å². The van der Waals surface area contributed by atoms with E-state index in [-0.39, 0.29) is 29.9 Å². The molecule has 0 radical (unpaired) electrons. The minimum atomic E-state index is -0.646. The maximum Gasteiger partial charge on any atom is 0.311 e. The highest BCUT2D eigenvalue weighted by molar-refractivity contribution is 5.75. The summed E-state index contributed by atoms with van der Waals surface area (Å²) < 4.78 is 55.1. The highest BCUT2D eigenvalue weighted by Crippen LogP contribution is 2.32. The molecule has 0 spiro atoms. The second-order valence-corrected chi connectivity index (χ2v) is 12.3. The summed E-state index contributed by atoms with van der Waals surface area (Å²) in [4.78, 5) is 24.6. The van der Waals surface area contributed by atoms with Gasteiger partial charge in [-0.3, -0.25) is 9.59 Å². The molecule has 0 aliphatic carbocycles. The lowest BCUT2D eigenvalue weighted by molar-refractivity contribution is -0.135. The first-order chi connectivity index (χ1) is 25.2. The zero-order valence-corrected chi connectivity index (χ0v) is 28.3. The number of esters is 2. The molecule has 52 heavy (non-hydrogen) atoms. The van der Waals surface area contributed by atoms with E-state index in [9.17, 15) is 22.8 Å². The Kier molecular flexibility index (Phi) is 13.0. The summed E-state index contributed by atoms with van der Waals surface area (Å²) in [6.07, 6.45) is 6.08. The summed E-state index contributed by atoms with van der Waals surface area (Å²) in [7, 11) is 0. The summed E-state index contributed by atoms with van der Waals surface area (Å²) >= 11 is 0. The quantitative estimate of drug-likeness (QED) is 0.0612. The lowest BCUT2D eigenvalue weighted by Crippen LogP contribution is -2.08. The van der Waals surface area contributed by atoms with Crippen molar-refractivity contribution in [2.75, 3.05) is 0 Å². The Labute approximate surface area is 300 Å². The summed E-state index contributed by atoms with van der Waals surface area (Å²) in [5.74, 6) is -2.38. The molecule has 0 saturated carbocycles. The number of ether oxygens (including phenoxy) is 2. The lowest BCUT2D eigenvalue weighted by Gasteiger charge is -2.10. The third-order valence-corrected chi connectivity index (χ3v) is 8.54. The number of benzene rings is 5. The van der Waals surface area contributed by atoms with Crippen molar-refractivity contribution < 1.29 is 32.2 Å². The van der Waals surface area contributed by atoms with Gasteiger partial charge in [-0.15, -0.1) is 0 Å². The van der Waals surface area contributed by atoms with Crippen LogP contribution in [0.2, 0.25) is 0 Å². The van der Waals surface area contributed by atoms with E-state index in [0.29, 0.717) is 51.8 Å². The van der Waals surface area contributed by atoms with Crippen LogP contribution in [0.4, 0.5) is 13.2 Å². The van der Waals surface area contributed by atoms with Gasteiger partial charge in [0.15, 0.2) is 0 Å². The topological polar surface area (TPSA) is 100 Å². The molecule has 0 aliphatic heterocycles. The number of rotatable bonds is 15. The van der Waals surface area contributed by atoms with Crippen LogP contribution in [0.15, 0.2) is 103 Å². The summed E-state index contributed by atoms with van der Waals surface area (Å²) in [6.45, 7) is 0. The molecule has 5 aromatic carbocycles. The van der Waals surface area contributed by atoms with Crippen LogP contribution in [0.5, 0.6) is 11.5 Å². The third-order valence-electron chi connectivity index (χ3n) is 8.54. The summed E-state index contributed by atoms with van der Waals surface area (Å²) in [5, 5.41) is 17.9. The number of nitrogens with zero attached hydrogens (tertiary/aromatic N) is 2. The number of carbonyl (C=O) groups excluding carboxylic acids is 2. The van der Waals surface area contributed by atoms with E-state index in [1.807, 2.05) is 12.1 Å². The Morgan fingerprint density at radius 3 is 1.19 bits per heavy atom. The second-order valence-electron chi connectivity index (χ2n) is 12.3. The zero-order valence-electron chi connectivity index (χ0n) is 28.3. The molecular weight excluding hydrogens is 665 g/mol. The molecular formula is C43H35F3N2O4. The standard InChI is InChI=1S/C43H35F3N2O4/c44-39-24-33(18-21-36(39)31-14-10-29(27-47)11-15-31)38-23-20-35(26-41(38)46)52-43(50)9-7-5-3-1-2-4-6-8-42(49)51-34-19-22-37(40(45)25-34)32-16-12-30(28-48)13-17-32/h10-26H,1-9H2.